The summed E-state index contributed by atoms with van der Waals surface area (Å²) in [5.74, 6) is 0.0415. The summed E-state index contributed by atoms with van der Waals surface area (Å²) in [6.45, 7) is 2.02. The molecule has 1 heterocycles. The topological polar surface area (TPSA) is 30.0 Å². The van der Waals surface area contributed by atoms with Crippen LogP contribution < -0.4 is 0 Å². The summed E-state index contributed by atoms with van der Waals surface area (Å²) < 4.78 is 0. The molecule has 0 bridgehead atoms. The number of para-hydroxylation sites is 2. The number of pyridine rings is 1. The maximum atomic E-state index is 13.2. The molecule has 0 radical (unpaired) electrons. The van der Waals surface area contributed by atoms with E-state index >= 15 is 0 Å². The van der Waals surface area contributed by atoms with Crippen molar-refractivity contribution in [1.82, 2.24) is 4.98 Å². The molecule has 2 nitrogen and oxygen atoms in total. The van der Waals surface area contributed by atoms with E-state index in [1.807, 2.05) is 79.7 Å². The SMILES string of the molecule is Cc1ccc(C(=O)c2c3ccccc3nc3ccccc23)cc1. The van der Waals surface area contributed by atoms with Gasteiger partial charge in [0.2, 0.25) is 0 Å². The zero-order valence-electron chi connectivity index (χ0n) is 12.8. The quantitative estimate of drug-likeness (QED) is 0.388. The molecule has 0 aliphatic heterocycles. The predicted octanol–water partition coefficient (Wildman–Crippen LogP) is 4.93. The fourth-order valence-electron chi connectivity index (χ4n) is 2.93. The van der Waals surface area contributed by atoms with Gasteiger partial charge in [0.05, 0.1) is 11.0 Å². The lowest BCUT2D eigenvalue weighted by molar-refractivity contribution is 0.104. The van der Waals surface area contributed by atoms with E-state index in [4.69, 9.17) is 0 Å². The number of hydrogen-bond donors (Lipinski definition) is 0. The molecule has 2 heteroatoms. The predicted molar refractivity (Wildman–Crippen MR) is 93.9 cm³/mol. The number of fused-ring (bicyclic) bond motifs is 2. The standard InChI is InChI=1S/C21H15NO/c1-14-10-12-15(13-11-14)21(23)20-16-6-2-4-8-18(16)22-19-9-5-3-7-17(19)20/h2-13H,1H3. The van der Waals surface area contributed by atoms with Gasteiger partial charge < -0.3 is 0 Å². The van der Waals surface area contributed by atoms with Gasteiger partial charge in [0.1, 0.15) is 0 Å². The van der Waals surface area contributed by atoms with Crippen molar-refractivity contribution in [2.75, 3.05) is 0 Å². The second-order valence-electron chi connectivity index (χ2n) is 5.72. The Balaban J connectivity index is 2.06. The fourth-order valence-corrected chi connectivity index (χ4v) is 2.93. The van der Waals surface area contributed by atoms with Gasteiger partial charge in [-0.25, -0.2) is 4.98 Å². The number of carbonyl (C=O) groups is 1. The number of hydrogen-bond acceptors (Lipinski definition) is 2. The van der Waals surface area contributed by atoms with Gasteiger partial charge in [0.25, 0.3) is 0 Å². The molecule has 4 aromatic rings. The minimum Gasteiger partial charge on any atom is -0.289 e. The molecular formula is C21H15NO. The Morgan fingerprint density at radius 2 is 1.26 bits per heavy atom. The van der Waals surface area contributed by atoms with E-state index in [1.165, 1.54) is 0 Å². The van der Waals surface area contributed by atoms with E-state index < -0.39 is 0 Å². The number of ketones is 1. The highest BCUT2D eigenvalue weighted by Crippen LogP contribution is 2.28. The molecule has 0 spiro atoms. The van der Waals surface area contributed by atoms with Crippen LogP contribution in [0.4, 0.5) is 0 Å². The zero-order chi connectivity index (χ0) is 15.8. The average Bonchev–Trinajstić information content (AvgIpc) is 2.59. The monoisotopic (exact) mass is 297 g/mol. The lowest BCUT2D eigenvalue weighted by atomic mass is 9.95. The molecule has 3 aromatic carbocycles. The number of nitrogens with zero attached hydrogens (tertiary/aromatic N) is 1. The normalized spacial score (nSPS) is 11.0. The van der Waals surface area contributed by atoms with Crippen molar-refractivity contribution in [1.29, 1.82) is 0 Å². The van der Waals surface area contributed by atoms with Gasteiger partial charge in [0, 0.05) is 21.9 Å². The third kappa shape index (κ3) is 2.29. The third-order valence-electron chi connectivity index (χ3n) is 4.13. The van der Waals surface area contributed by atoms with Crippen LogP contribution in [0.15, 0.2) is 72.8 Å². The van der Waals surface area contributed by atoms with E-state index in [9.17, 15) is 4.79 Å². The Morgan fingerprint density at radius 3 is 1.83 bits per heavy atom. The van der Waals surface area contributed by atoms with Crippen LogP contribution in [0.3, 0.4) is 0 Å². The van der Waals surface area contributed by atoms with Gasteiger partial charge in [0.15, 0.2) is 5.78 Å². The molecule has 0 saturated heterocycles. The van der Waals surface area contributed by atoms with Gasteiger partial charge in [-0.1, -0.05) is 66.2 Å². The Hall–Kier alpha value is -3.00. The first-order chi connectivity index (χ1) is 11.2. The zero-order valence-corrected chi connectivity index (χ0v) is 12.8. The minimum absolute atomic E-state index is 0.0415. The highest BCUT2D eigenvalue weighted by Gasteiger charge is 2.17. The summed E-state index contributed by atoms with van der Waals surface area (Å²) in [7, 11) is 0. The van der Waals surface area contributed by atoms with Crippen LogP contribution in [0, 0.1) is 6.92 Å². The molecule has 0 aliphatic carbocycles. The summed E-state index contributed by atoms with van der Waals surface area (Å²) in [6, 6.07) is 23.4. The van der Waals surface area contributed by atoms with Gasteiger partial charge in [-0.05, 0) is 19.1 Å². The minimum atomic E-state index is 0.0415. The molecule has 0 fully saturated rings. The Kier molecular flexibility index (Phi) is 3.16. The number of rotatable bonds is 2. The third-order valence-corrected chi connectivity index (χ3v) is 4.13. The summed E-state index contributed by atoms with van der Waals surface area (Å²) in [5.41, 5.74) is 4.28. The lowest BCUT2D eigenvalue weighted by Crippen LogP contribution is -2.04. The molecule has 0 amide bonds. The van der Waals surface area contributed by atoms with Crippen LogP contribution in [-0.4, -0.2) is 10.8 Å². The molecule has 110 valence electrons. The first-order valence-electron chi connectivity index (χ1n) is 7.63. The molecule has 0 unspecified atom stereocenters. The van der Waals surface area contributed by atoms with Gasteiger partial charge in [-0.15, -0.1) is 0 Å². The summed E-state index contributed by atoms with van der Waals surface area (Å²) >= 11 is 0. The molecule has 1 aromatic heterocycles. The molecule has 0 atom stereocenters. The number of aryl methyl sites for hydroxylation is 1. The van der Waals surface area contributed by atoms with Gasteiger partial charge in [-0.3, -0.25) is 4.79 Å². The molecule has 4 rings (SSSR count). The molecule has 0 N–H and O–H groups in total. The van der Waals surface area contributed by atoms with E-state index in [0.29, 0.717) is 5.56 Å². The summed E-state index contributed by atoms with van der Waals surface area (Å²) in [4.78, 5) is 17.8. The summed E-state index contributed by atoms with van der Waals surface area (Å²) in [6.07, 6.45) is 0. The van der Waals surface area contributed by atoms with Crippen molar-refractivity contribution in [3.05, 3.63) is 89.5 Å². The Morgan fingerprint density at radius 1 is 0.739 bits per heavy atom. The van der Waals surface area contributed by atoms with Crippen LogP contribution in [-0.2, 0) is 0 Å². The molecule has 0 aliphatic rings. The Labute approximate surface area is 134 Å². The van der Waals surface area contributed by atoms with Crippen LogP contribution in [0.1, 0.15) is 21.5 Å². The van der Waals surface area contributed by atoms with Crippen molar-refractivity contribution in [2.24, 2.45) is 0 Å². The number of benzene rings is 3. The van der Waals surface area contributed by atoms with Crippen molar-refractivity contribution < 1.29 is 4.79 Å². The largest absolute Gasteiger partial charge is 0.289 e. The van der Waals surface area contributed by atoms with Crippen molar-refractivity contribution in [2.45, 2.75) is 6.92 Å². The van der Waals surface area contributed by atoms with E-state index in [0.717, 1.165) is 32.9 Å². The van der Waals surface area contributed by atoms with Crippen molar-refractivity contribution >= 4 is 27.6 Å². The van der Waals surface area contributed by atoms with Crippen LogP contribution in [0.25, 0.3) is 21.8 Å². The van der Waals surface area contributed by atoms with E-state index in [2.05, 4.69) is 4.98 Å². The molecule has 0 saturated carbocycles. The first kappa shape index (κ1) is 13.6. The Bertz CT molecular complexity index is 979. The van der Waals surface area contributed by atoms with Crippen molar-refractivity contribution in [3.8, 4) is 0 Å². The van der Waals surface area contributed by atoms with Crippen LogP contribution in [0.2, 0.25) is 0 Å². The van der Waals surface area contributed by atoms with Crippen LogP contribution in [0.5, 0.6) is 0 Å². The van der Waals surface area contributed by atoms with E-state index in [-0.39, 0.29) is 5.78 Å². The maximum Gasteiger partial charge on any atom is 0.194 e. The highest BCUT2D eigenvalue weighted by atomic mass is 16.1. The second kappa shape index (κ2) is 5.33. The lowest BCUT2D eigenvalue weighted by Gasteiger charge is -2.10. The first-order valence-corrected chi connectivity index (χ1v) is 7.63. The molecular weight excluding hydrogens is 282 g/mol. The average molecular weight is 297 g/mol. The maximum absolute atomic E-state index is 13.2. The number of carbonyl (C=O) groups excluding carboxylic acids is 1. The van der Waals surface area contributed by atoms with Gasteiger partial charge >= 0.3 is 0 Å². The van der Waals surface area contributed by atoms with Crippen LogP contribution >= 0.6 is 0 Å². The highest BCUT2D eigenvalue weighted by molar-refractivity contribution is 6.23. The van der Waals surface area contributed by atoms with Gasteiger partial charge in [-0.2, -0.15) is 0 Å². The number of aromatic nitrogens is 1. The second-order valence-corrected chi connectivity index (χ2v) is 5.72. The fraction of sp³-hybridized carbons (Fsp3) is 0.0476. The molecule has 23 heavy (non-hydrogen) atoms. The summed E-state index contributed by atoms with van der Waals surface area (Å²) in [5, 5.41) is 1.80. The van der Waals surface area contributed by atoms with E-state index in [1.54, 1.807) is 0 Å². The van der Waals surface area contributed by atoms with Crippen molar-refractivity contribution in [3.63, 3.8) is 0 Å². The smallest absolute Gasteiger partial charge is 0.194 e.